The summed E-state index contributed by atoms with van der Waals surface area (Å²) >= 11 is 1.25. The Labute approximate surface area is 122 Å². The second kappa shape index (κ2) is 7.18. The number of rotatable bonds is 5. The molecule has 0 saturated carbocycles. The first kappa shape index (κ1) is 16.4. The molecule has 112 valence electrons. The average molecular weight is 300 g/mol. The molecule has 2 amide bonds. The molecule has 20 heavy (non-hydrogen) atoms. The number of nitrogens with zero attached hydrogens (tertiary/aromatic N) is 3. The number of ether oxygens (including phenoxy) is 1. The molecule has 0 unspecified atom stereocenters. The lowest BCUT2D eigenvalue weighted by Gasteiger charge is -2.20. The van der Waals surface area contributed by atoms with Crippen molar-refractivity contribution >= 4 is 28.5 Å². The highest BCUT2D eigenvalue weighted by Crippen LogP contribution is 2.10. The Bertz CT molecular complexity index is 442. The van der Waals surface area contributed by atoms with Crippen molar-refractivity contribution in [1.29, 1.82) is 0 Å². The number of esters is 1. The predicted molar refractivity (Wildman–Crippen MR) is 76.6 cm³/mol. The van der Waals surface area contributed by atoms with Crippen LogP contribution >= 0.6 is 11.3 Å². The largest absolute Gasteiger partial charge is 0.460 e. The summed E-state index contributed by atoms with van der Waals surface area (Å²) in [5.74, 6) is -0.254. The maximum Gasteiger partial charge on any atom is 0.323 e. The molecule has 7 nitrogen and oxygen atoms in total. The van der Waals surface area contributed by atoms with Gasteiger partial charge in [-0.2, -0.15) is 0 Å². The fraction of sp³-hybridized carbons (Fsp3) is 0.667. The SMILES string of the molecule is CN(CCCC(=O)OC(C)(C)C)C(=O)Nc1nncs1. The summed E-state index contributed by atoms with van der Waals surface area (Å²) in [5.41, 5.74) is 1.07. The fourth-order valence-corrected chi connectivity index (χ4v) is 1.80. The van der Waals surface area contributed by atoms with Gasteiger partial charge in [-0.05, 0) is 27.2 Å². The second-order valence-electron chi connectivity index (χ2n) is 5.29. The molecule has 0 aliphatic carbocycles. The molecule has 0 aliphatic heterocycles. The van der Waals surface area contributed by atoms with E-state index in [1.54, 1.807) is 7.05 Å². The minimum Gasteiger partial charge on any atom is -0.460 e. The molecule has 1 aromatic rings. The van der Waals surface area contributed by atoms with Crippen LogP contribution in [0, 0.1) is 0 Å². The van der Waals surface area contributed by atoms with E-state index >= 15 is 0 Å². The summed E-state index contributed by atoms with van der Waals surface area (Å²) in [4.78, 5) is 24.8. The Hall–Kier alpha value is -1.70. The van der Waals surface area contributed by atoms with Gasteiger partial charge in [-0.3, -0.25) is 10.1 Å². The lowest BCUT2D eigenvalue weighted by molar-refractivity contribution is -0.154. The van der Waals surface area contributed by atoms with Crippen molar-refractivity contribution in [1.82, 2.24) is 15.1 Å². The van der Waals surface area contributed by atoms with E-state index in [1.165, 1.54) is 21.7 Å². The van der Waals surface area contributed by atoms with Crippen LogP contribution in [0.15, 0.2) is 5.51 Å². The summed E-state index contributed by atoms with van der Waals surface area (Å²) in [6, 6.07) is -0.272. The number of amides is 2. The van der Waals surface area contributed by atoms with Crippen LogP contribution in [-0.4, -0.2) is 46.3 Å². The topological polar surface area (TPSA) is 84.4 Å². The van der Waals surface area contributed by atoms with Crippen molar-refractivity contribution in [3.05, 3.63) is 5.51 Å². The number of hydrogen-bond acceptors (Lipinski definition) is 6. The number of carbonyl (C=O) groups is 2. The van der Waals surface area contributed by atoms with Crippen LogP contribution in [0.25, 0.3) is 0 Å². The van der Waals surface area contributed by atoms with Gasteiger partial charge >= 0.3 is 12.0 Å². The monoisotopic (exact) mass is 300 g/mol. The van der Waals surface area contributed by atoms with Crippen molar-refractivity contribution < 1.29 is 14.3 Å². The Balaban J connectivity index is 2.24. The van der Waals surface area contributed by atoms with Crippen molar-refractivity contribution in [2.24, 2.45) is 0 Å². The third-order valence-electron chi connectivity index (χ3n) is 2.22. The minimum absolute atomic E-state index is 0.254. The zero-order chi connectivity index (χ0) is 15.2. The van der Waals surface area contributed by atoms with Crippen LogP contribution in [0.3, 0.4) is 0 Å². The first-order valence-electron chi connectivity index (χ1n) is 6.28. The van der Waals surface area contributed by atoms with E-state index in [4.69, 9.17) is 4.74 Å². The maximum absolute atomic E-state index is 11.8. The molecule has 0 saturated heterocycles. The zero-order valence-electron chi connectivity index (χ0n) is 12.2. The Morgan fingerprint density at radius 3 is 2.70 bits per heavy atom. The minimum atomic E-state index is -0.474. The van der Waals surface area contributed by atoms with Gasteiger partial charge in [-0.25, -0.2) is 4.79 Å². The van der Waals surface area contributed by atoms with E-state index in [2.05, 4.69) is 15.5 Å². The van der Waals surface area contributed by atoms with Crippen LogP contribution in [0.5, 0.6) is 0 Å². The van der Waals surface area contributed by atoms with Gasteiger partial charge in [0.15, 0.2) is 0 Å². The molecule has 0 fully saturated rings. The van der Waals surface area contributed by atoms with E-state index in [0.717, 1.165) is 0 Å². The van der Waals surface area contributed by atoms with E-state index in [9.17, 15) is 9.59 Å². The molecule has 0 aromatic carbocycles. The molecule has 0 radical (unpaired) electrons. The first-order valence-corrected chi connectivity index (χ1v) is 7.16. The molecule has 0 atom stereocenters. The molecule has 1 heterocycles. The van der Waals surface area contributed by atoms with E-state index in [1.807, 2.05) is 20.8 Å². The fourth-order valence-electron chi connectivity index (χ4n) is 1.37. The van der Waals surface area contributed by atoms with Gasteiger partial charge < -0.3 is 9.64 Å². The summed E-state index contributed by atoms with van der Waals surface area (Å²) in [6.07, 6.45) is 0.836. The highest BCUT2D eigenvalue weighted by Gasteiger charge is 2.16. The summed E-state index contributed by atoms with van der Waals surface area (Å²) in [6.45, 7) is 5.94. The number of hydrogen-bond donors (Lipinski definition) is 1. The van der Waals surface area contributed by atoms with Crippen molar-refractivity contribution in [3.8, 4) is 0 Å². The molecule has 1 N–H and O–H groups in total. The number of carbonyl (C=O) groups excluding carboxylic acids is 2. The van der Waals surface area contributed by atoms with Crippen LogP contribution in [0.4, 0.5) is 9.93 Å². The highest BCUT2D eigenvalue weighted by atomic mass is 32.1. The molecule has 0 spiro atoms. The highest BCUT2D eigenvalue weighted by molar-refractivity contribution is 7.13. The van der Waals surface area contributed by atoms with Crippen molar-refractivity contribution in [2.45, 2.75) is 39.2 Å². The van der Waals surface area contributed by atoms with Gasteiger partial charge in [0.05, 0.1) is 0 Å². The standard InChI is InChI=1S/C12H20N4O3S/c1-12(2,3)19-9(17)6-5-7-16(4)11(18)14-10-15-13-8-20-10/h8H,5-7H2,1-4H3,(H,14,15,18). The van der Waals surface area contributed by atoms with E-state index < -0.39 is 5.60 Å². The second-order valence-corrected chi connectivity index (χ2v) is 6.12. The smallest absolute Gasteiger partial charge is 0.323 e. The Morgan fingerprint density at radius 2 is 2.15 bits per heavy atom. The number of nitrogens with one attached hydrogen (secondary N) is 1. The average Bonchev–Trinajstić information content (AvgIpc) is 2.79. The molecule has 1 rings (SSSR count). The lowest BCUT2D eigenvalue weighted by atomic mass is 10.2. The van der Waals surface area contributed by atoms with Gasteiger partial charge in [0.1, 0.15) is 11.1 Å². The van der Waals surface area contributed by atoms with Gasteiger partial charge in [0.2, 0.25) is 5.13 Å². The Morgan fingerprint density at radius 1 is 1.45 bits per heavy atom. The molecule has 0 bridgehead atoms. The van der Waals surface area contributed by atoms with Gasteiger partial charge in [0.25, 0.3) is 0 Å². The molecular weight excluding hydrogens is 280 g/mol. The zero-order valence-corrected chi connectivity index (χ0v) is 13.0. The molecule has 1 aromatic heterocycles. The third kappa shape index (κ3) is 6.46. The van der Waals surface area contributed by atoms with Gasteiger partial charge in [-0.15, -0.1) is 10.2 Å². The quantitative estimate of drug-likeness (QED) is 0.842. The van der Waals surface area contributed by atoms with Crippen molar-refractivity contribution in [2.75, 3.05) is 18.9 Å². The summed E-state index contributed by atoms with van der Waals surface area (Å²) in [5, 5.41) is 10.4. The summed E-state index contributed by atoms with van der Waals surface area (Å²) < 4.78 is 5.19. The lowest BCUT2D eigenvalue weighted by Crippen LogP contribution is -2.32. The molecule has 8 heteroatoms. The Kier molecular flexibility index (Phi) is 5.87. The third-order valence-corrected chi connectivity index (χ3v) is 2.82. The van der Waals surface area contributed by atoms with Crippen LogP contribution in [0.1, 0.15) is 33.6 Å². The number of anilines is 1. The summed E-state index contributed by atoms with van der Waals surface area (Å²) in [7, 11) is 1.66. The number of urea groups is 1. The van der Waals surface area contributed by atoms with Gasteiger partial charge in [0, 0.05) is 20.0 Å². The molecular formula is C12H20N4O3S. The van der Waals surface area contributed by atoms with Crippen LogP contribution in [0.2, 0.25) is 0 Å². The number of aromatic nitrogens is 2. The van der Waals surface area contributed by atoms with Crippen LogP contribution in [-0.2, 0) is 9.53 Å². The van der Waals surface area contributed by atoms with Crippen LogP contribution < -0.4 is 5.32 Å². The van der Waals surface area contributed by atoms with Crippen molar-refractivity contribution in [3.63, 3.8) is 0 Å². The molecule has 0 aliphatic rings. The van der Waals surface area contributed by atoms with E-state index in [0.29, 0.717) is 18.1 Å². The normalized spacial score (nSPS) is 11.0. The first-order chi connectivity index (χ1) is 9.28. The van der Waals surface area contributed by atoms with E-state index in [-0.39, 0.29) is 18.4 Å². The van der Waals surface area contributed by atoms with Gasteiger partial charge in [-0.1, -0.05) is 11.3 Å². The maximum atomic E-state index is 11.8. The predicted octanol–water partition coefficient (Wildman–Crippen LogP) is 2.12.